The van der Waals surface area contributed by atoms with Gasteiger partial charge in [0, 0.05) is 17.0 Å². The van der Waals surface area contributed by atoms with Crippen molar-refractivity contribution in [2.24, 2.45) is 5.10 Å². The molecule has 0 aliphatic carbocycles. The molecule has 0 fully saturated rings. The van der Waals surface area contributed by atoms with E-state index in [-0.39, 0.29) is 12.1 Å². The van der Waals surface area contributed by atoms with Crippen LogP contribution in [0.1, 0.15) is 12.6 Å². The maximum absolute atomic E-state index is 5.74. The Morgan fingerprint density at radius 3 is 3.17 bits per heavy atom. The highest BCUT2D eigenvalue weighted by atomic mass is 16.6. The van der Waals surface area contributed by atoms with E-state index in [0.29, 0.717) is 32.3 Å². The fraction of sp³-hybridized carbons (Fsp3) is 0.438. The summed E-state index contributed by atoms with van der Waals surface area (Å²) in [5.74, 6) is 0.551. The Hall–Kier alpha value is -2.45. The summed E-state index contributed by atoms with van der Waals surface area (Å²) in [4.78, 5) is 4.31. The summed E-state index contributed by atoms with van der Waals surface area (Å²) in [6.07, 6.45) is 5.51. The van der Waals surface area contributed by atoms with Crippen LogP contribution in [0.4, 0.5) is 0 Å². The highest BCUT2D eigenvalue weighted by molar-refractivity contribution is 6.14. The summed E-state index contributed by atoms with van der Waals surface area (Å²) in [5, 5.41) is 12.6. The molecule has 2 aliphatic heterocycles. The van der Waals surface area contributed by atoms with Crippen LogP contribution >= 0.6 is 0 Å². The molecule has 0 spiro atoms. The molecule has 4 rings (SSSR count). The molecular weight excluding hydrogens is 310 g/mol. The quantitative estimate of drug-likeness (QED) is 0.752. The van der Waals surface area contributed by atoms with E-state index in [4.69, 9.17) is 14.2 Å². The maximum Gasteiger partial charge on any atom is 0.214 e. The van der Waals surface area contributed by atoms with Crippen LogP contribution in [0, 0.1) is 0 Å². The number of hydrazone groups is 1. The van der Waals surface area contributed by atoms with E-state index in [9.17, 15) is 0 Å². The number of aromatic nitrogens is 3. The van der Waals surface area contributed by atoms with E-state index in [2.05, 4.69) is 31.8 Å². The minimum absolute atomic E-state index is 0.00291. The molecule has 0 saturated heterocycles. The Morgan fingerprint density at radius 2 is 2.21 bits per heavy atom. The van der Waals surface area contributed by atoms with Gasteiger partial charge in [0.2, 0.25) is 5.88 Å². The highest BCUT2D eigenvalue weighted by Crippen LogP contribution is 2.25. The Balaban J connectivity index is 1.72. The first kappa shape index (κ1) is 15.1. The van der Waals surface area contributed by atoms with Crippen molar-refractivity contribution < 1.29 is 14.2 Å². The zero-order chi connectivity index (χ0) is 16.4. The zero-order valence-corrected chi connectivity index (χ0v) is 13.4. The lowest BCUT2D eigenvalue weighted by Crippen LogP contribution is -2.31. The lowest BCUT2D eigenvalue weighted by Gasteiger charge is -2.18. The average Bonchev–Trinajstić information content (AvgIpc) is 3.02. The zero-order valence-electron chi connectivity index (χ0n) is 13.4. The van der Waals surface area contributed by atoms with Crippen LogP contribution in [-0.2, 0) is 9.47 Å². The molecule has 2 aliphatic rings. The number of pyridine rings is 1. The molecule has 126 valence electrons. The van der Waals surface area contributed by atoms with Gasteiger partial charge < -0.3 is 19.6 Å². The molecule has 0 radical (unpaired) electrons. The van der Waals surface area contributed by atoms with Crippen LogP contribution in [0.2, 0.25) is 0 Å². The van der Waals surface area contributed by atoms with Gasteiger partial charge in [-0.05, 0) is 13.0 Å². The van der Waals surface area contributed by atoms with Crippen molar-refractivity contribution in [3.8, 4) is 5.88 Å². The first-order chi connectivity index (χ1) is 11.8. The minimum atomic E-state index is -0.0401. The van der Waals surface area contributed by atoms with Crippen molar-refractivity contribution in [3.05, 3.63) is 24.0 Å². The lowest BCUT2D eigenvalue weighted by molar-refractivity contribution is -0.00816. The fourth-order valence-corrected chi connectivity index (χ4v) is 2.69. The van der Waals surface area contributed by atoms with E-state index in [1.807, 2.05) is 13.0 Å². The van der Waals surface area contributed by atoms with Crippen molar-refractivity contribution >= 4 is 22.7 Å². The van der Waals surface area contributed by atoms with Gasteiger partial charge in [-0.2, -0.15) is 10.2 Å². The third-order valence-corrected chi connectivity index (χ3v) is 3.91. The van der Waals surface area contributed by atoms with E-state index in [1.54, 1.807) is 12.4 Å². The number of H-pyrrole nitrogens is 1. The van der Waals surface area contributed by atoms with Crippen LogP contribution in [0.5, 0.6) is 5.88 Å². The summed E-state index contributed by atoms with van der Waals surface area (Å²) >= 11 is 0. The van der Waals surface area contributed by atoms with Crippen LogP contribution < -0.4 is 10.2 Å². The molecule has 1 unspecified atom stereocenters. The largest absolute Gasteiger partial charge is 0.475 e. The maximum atomic E-state index is 5.74. The molecule has 24 heavy (non-hydrogen) atoms. The van der Waals surface area contributed by atoms with E-state index in [1.165, 1.54) is 0 Å². The Morgan fingerprint density at radius 1 is 1.25 bits per heavy atom. The normalized spacial score (nSPS) is 24.6. The van der Waals surface area contributed by atoms with Gasteiger partial charge in [-0.25, -0.2) is 4.98 Å². The van der Waals surface area contributed by atoms with Gasteiger partial charge in [0.05, 0.1) is 49.9 Å². The van der Waals surface area contributed by atoms with Gasteiger partial charge >= 0.3 is 0 Å². The lowest BCUT2D eigenvalue weighted by atomic mass is 10.1. The second-order valence-corrected chi connectivity index (χ2v) is 5.82. The first-order valence-electron chi connectivity index (χ1n) is 7.96. The van der Waals surface area contributed by atoms with Crippen molar-refractivity contribution in [2.45, 2.75) is 19.1 Å². The first-order valence-corrected chi connectivity index (χ1v) is 7.96. The summed E-state index contributed by atoms with van der Waals surface area (Å²) < 4.78 is 17.1. The second kappa shape index (κ2) is 6.58. The Kier molecular flexibility index (Phi) is 4.14. The number of hydrogen-bond acceptors (Lipinski definition) is 7. The number of allylic oxidation sites excluding steroid dienone is 1. The molecule has 4 bridgehead atoms. The molecule has 2 N–H and O–H groups in total. The van der Waals surface area contributed by atoms with Crippen molar-refractivity contribution in [1.29, 1.82) is 0 Å². The third-order valence-electron chi connectivity index (χ3n) is 3.91. The molecule has 0 aromatic carbocycles. The van der Waals surface area contributed by atoms with Crippen molar-refractivity contribution in [2.75, 3.05) is 26.4 Å². The Bertz CT molecular complexity index is 785. The third kappa shape index (κ3) is 3.10. The van der Waals surface area contributed by atoms with Gasteiger partial charge in [0.15, 0.2) is 0 Å². The molecule has 2 aromatic heterocycles. The van der Waals surface area contributed by atoms with Crippen LogP contribution in [0.15, 0.2) is 23.4 Å². The van der Waals surface area contributed by atoms with Gasteiger partial charge in [-0.1, -0.05) is 0 Å². The molecule has 0 saturated carbocycles. The van der Waals surface area contributed by atoms with Crippen LogP contribution in [-0.4, -0.2) is 60.0 Å². The number of nitrogens with zero attached hydrogens (tertiary/aromatic N) is 3. The van der Waals surface area contributed by atoms with Gasteiger partial charge in [-0.3, -0.25) is 5.10 Å². The minimum Gasteiger partial charge on any atom is -0.475 e. The van der Waals surface area contributed by atoms with E-state index >= 15 is 0 Å². The van der Waals surface area contributed by atoms with Crippen molar-refractivity contribution in [1.82, 2.24) is 20.6 Å². The van der Waals surface area contributed by atoms with Crippen molar-refractivity contribution in [3.63, 3.8) is 0 Å². The van der Waals surface area contributed by atoms with Crippen LogP contribution in [0.3, 0.4) is 0 Å². The number of rotatable bonds is 0. The van der Waals surface area contributed by atoms with E-state index in [0.717, 1.165) is 22.2 Å². The smallest absolute Gasteiger partial charge is 0.214 e. The van der Waals surface area contributed by atoms with Gasteiger partial charge in [0.25, 0.3) is 0 Å². The van der Waals surface area contributed by atoms with Gasteiger partial charge in [-0.15, -0.1) is 0 Å². The summed E-state index contributed by atoms with van der Waals surface area (Å²) in [5.41, 5.74) is 5.65. The number of nitrogens with one attached hydrogen (secondary N) is 2. The molecular formula is C16H19N5O3. The molecule has 8 nitrogen and oxygen atoms in total. The number of ether oxygens (including phenoxy) is 3. The predicted molar refractivity (Wildman–Crippen MR) is 89.0 cm³/mol. The molecule has 8 heteroatoms. The summed E-state index contributed by atoms with van der Waals surface area (Å²) in [6, 6.07) is 1.89. The topological polar surface area (TPSA) is 93.7 Å². The molecule has 2 atom stereocenters. The molecule has 0 amide bonds. The highest BCUT2D eigenvalue weighted by Gasteiger charge is 2.17. The molecule has 2 aromatic rings. The summed E-state index contributed by atoms with van der Waals surface area (Å²) in [7, 11) is 0. The van der Waals surface area contributed by atoms with Crippen LogP contribution in [0.25, 0.3) is 16.5 Å². The monoisotopic (exact) mass is 329 g/mol. The second-order valence-electron chi connectivity index (χ2n) is 5.82. The number of aromatic amines is 1. The standard InChI is InChI=1S/C16H19N5O3/c1-10-8-24-15-5-13-14(7-17-15)20-21-16(13)11-4-12(19-18-6-11)9-22-2-3-23-10/h4-7,10,12,19H,2-3,8-9H2,1H3,(H,20,21)/t10-,12?/m0/s1. The summed E-state index contributed by atoms with van der Waals surface area (Å²) in [6.45, 7) is 3.95. The number of hydrogen-bond donors (Lipinski definition) is 2. The average molecular weight is 329 g/mol. The van der Waals surface area contributed by atoms with E-state index < -0.39 is 0 Å². The predicted octanol–water partition coefficient (Wildman–Crippen LogP) is 1.11. The SMILES string of the molecule is C[C@H]1COc2cc3c(n[nH]c3cn2)C2=CC(COCCO1)NN=C2. The van der Waals surface area contributed by atoms with Gasteiger partial charge in [0.1, 0.15) is 12.3 Å². The fourth-order valence-electron chi connectivity index (χ4n) is 2.69. The number of fused-ring (bicyclic) bond motifs is 3. The molecule has 4 heterocycles. The Labute approximate surface area is 138 Å².